The summed E-state index contributed by atoms with van der Waals surface area (Å²) in [6, 6.07) is 6.79. The molecule has 0 saturated carbocycles. The highest BCUT2D eigenvalue weighted by Gasteiger charge is 2.24. The minimum Gasteiger partial charge on any atom is -0.435 e. The van der Waals surface area contributed by atoms with E-state index in [2.05, 4.69) is 24.8 Å². The molecular weight excluding hydrogens is 454 g/mol. The van der Waals surface area contributed by atoms with Gasteiger partial charge in [0.25, 0.3) is 0 Å². The van der Waals surface area contributed by atoms with Gasteiger partial charge in [-0.05, 0) is 26.8 Å². The normalized spacial score (nSPS) is 18.4. The first kappa shape index (κ1) is 23.1. The number of hydrogen-bond acceptors (Lipinski definition) is 7. The molecule has 8 nitrogen and oxygen atoms in total. The monoisotopic (exact) mass is 480 g/mol. The van der Waals surface area contributed by atoms with Gasteiger partial charge in [-0.3, -0.25) is 9.38 Å². The fourth-order valence-electron chi connectivity index (χ4n) is 4.48. The van der Waals surface area contributed by atoms with Crippen LogP contribution in [0.5, 0.6) is 5.75 Å². The van der Waals surface area contributed by atoms with Gasteiger partial charge in [0, 0.05) is 49.2 Å². The predicted octanol–water partition coefficient (Wildman–Crippen LogP) is 4.30. The topological polar surface area (TPSA) is 77.7 Å². The number of ether oxygens (including phenoxy) is 2. The first-order valence-electron chi connectivity index (χ1n) is 11.5. The summed E-state index contributed by atoms with van der Waals surface area (Å²) in [7, 11) is 0. The SMILES string of the molecule is Cc1nc2cnc(-c3cnc(N4CC(C)OC(C)C4)nc3)cn2c1Cc1ccccc1OC(F)F. The number of anilines is 1. The van der Waals surface area contributed by atoms with E-state index in [1.807, 2.05) is 31.4 Å². The number of imidazole rings is 1. The van der Waals surface area contributed by atoms with E-state index >= 15 is 0 Å². The second-order valence-corrected chi connectivity index (χ2v) is 8.74. The van der Waals surface area contributed by atoms with Crippen molar-refractivity contribution in [3.8, 4) is 17.0 Å². The second kappa shape index (κ2) is 9.53. The zero-order valence-electron chi connectivity index (χ0n) is 19.7. The van der Waals surface area contributed by atoms with Gasteiger partial charge < -0.3 is 14.4 Å². The molecule has 5 rings (SSSR count). The number of nitrogens with zero attached hydrogens (tertiary/aromatic N) is 6. The van der Waals surface area contributed by atoms with E-state index < -0.39 is 6.61 Å². The van der Waals surface area contributed by atoms with Gasteiger partial charge in [-0.25, -0.2) is 15.0 Å². The minimum absolute atomic E-state index is 0.116. The highest BCUT2D eigenvalue weighted by Crippen LogP contribution is 2.26. The van der Waals surface area contributed by atoms with Crippen molar-refractivity contribution in [1.29, 1.82) is 0 Å². The maximum absolute atomic E-state index is 12.9. The average Bonchev–Trinajstić information content (AvgIpc) is 3.13. The van der Waals surface area contributed by atoms with Gasteiger partial charge in [0.15, 0.2) is 5.65 Å². The molecule has 182 valence electrons. The molecule has 0 N–H and O–H groups in total. The van der Waals surface area contributed by atoms with Crippen molar-refractivity contribution in [3.05, 3.63) is 66.0 Å². The number of aryl methyl sites for hydroxylation is 1. The molecule has 0 amide bonds. The van der Waals surface area contributed by atoms with Crippen LogP contribution in [0.25, 0.3) is 16.9 Å². The molecule has 0 radical (unpaired) electrons. The van der Waals surface area contributed by atoms with Gasteiger partial charge >= 0.3 is 6.61 Å². The molecule has 0 bridgehead atoms. The Labute approximate surface area is 201 Å². The summed E-state index contributed by atoms with van der Waals surface area (Å²) in [5.41, 5.74) is 4.42. The Morgan fingerprint density at radius 2 is 1.77 bits per heavy atom. The summed E-state index contributed by atoms with van der Waals surface area (Å²) >= 11 is 0. The fourth-order valence-corrected chi connectivity index (χ4v) is 4.48. The number of morpholine rings is 1. The van der Waals surface area contributed by atoms with E-state index in [-0.39, 0.29) is 18.0 Å². The zero-order chi connectivity index (χ0) is 24.5. The molecule has 35 heavy (non-hydrogen) atoms. The summed E-state index contributed by atoms with van der Waals surface area (Å²) in [5.74, 6) is 0.813. The summed E-state index contributed by atoms with van der Waals surface area (Å²) in [4.78, 5) is 20.4. The highest BCUT2D eigenvalue weighted by molar-refractivity contribution is 5.59. The largest absolute Gasteiger partial charge is 0.435 e. The van der Waals surface area contributed by atoms with Gasteiger partial charge in [-0.1, -0.05) is 18.2 Å². The van der Waals surface area contributed by atoms with Crippen LogP contribution in [0, 0.1) is 6.92 Å². The van der Waals surface area contributed by atoms with Crippen molar-refractivity contribution in [2.45, 2.75) is 46.0 Å². The van der Waals surface area contributed by atoms with Crippen molar-refractivity contribution in [3.63, 3.8) is 0 Å². The molecule has 10 heteroatoms. The van der Waals surface area contributed by atoms with E-state index in [0.29, 0.717) is 29.3 Å². The molecule has 2 atom stereocenters. The standard InChI is InChI=1S/C25H26F2N6O2/c1-15-12-32(13-16(2)34-15)25-29-9-19(10-30-25)20-14-33-21(17(3)31-23(33)11-28-20)8-18-6-4-5-7-22(18)35-24(26)27/h4-7,9-11,14-16,24H,8,12-13H2,1-3H3. The lowest BCUT2D eigenvalue weighted by molar-refractivity contribution is -0.0504. The molecule has 1 fully saturated rings. The first-order chi connectivity index (χ1) is 16.9. The van der Waals surface area contributed by atoms with Gasteiger partial charge in [-0.15, -0.1) is 0 Å². The number of benzene rings is 1. The number of halogens is 2. The summed E-state index contributed by atoms with van der Waals surface area (Å²) in [5, 5.41) is 0. The molecular formula is C25H26F2N6O2. The van der Waals surface area contributed by atoms with Crippen LogP contribution in [-0.2, 0) is 11.2 Å². The summed E-state index contributed by atoms with van der Waals surface area (Å²) in [6.45, 7) is 4.56. The van der Waals surface area contributed by atoms with E-state index in [4.69, 9.17) is 9.47 Å². The summed E-state index contributed by atoms with van der Waals surface area (Å²) in [6.07, 6.45) is 7.69. The fraction of sp³-hybridized carbons (Fsp3) is 0.360. The zero-order valence-corrected chi connectivity index (χ0v) is 19.7. The van der Waals surface area contributed by atoms with Crippen molar-refractivity contribution in [2.75, 3.05) is 18.0 Å². The van der Waals surface area contributed by atoms with Crippen LogP contribution >= 0.6 is 0 Å². The van der Waals surface area contributed by atoms with E-state index in [9.17, 15) is 8.78 Å². The molecule has 3 aromatic heterocycles. The molecule has 1 saturated heterocycles. The van der Waals surface area contributed by atoms with Crippen molar-refractivity contribution in [2.24, 2.45) is 0 Å². The highest BCUT2D eigenvalue weighted by atomic mass is 19.3. The lowest BCUT2D eigenvalue weighted by Gasteiger charge is -2.35. The third kappa shape index (κ3) is 4.93. The lowest BCUT2D eigenvalue weighted by atomic mass is 10.1. The number of alkyl halides is 2. The Hall–Kier alpha value is -3.66. The van der Waals surface area contributed by atoms with E-state index in [0.717, 1.165) is 30.0 Å². The number of para-hydroxylation sites is 1. The Bertz CT molecular complexity index is 1320. The number of hydrogen-bond donors (Lipinski definition) is 0. The average molecular weight is 481 g/mol. The third-order valence-electron chi connectivity index (χ3n) is 5.99. The van der Waals surface area contributed by atoms with Crippen LogP contribution in [0.15, 0.2) is 49.1 Å². The number of fused-ring (bicyclic) bond motifs is 1. The van der Waals surface area contributed by atoms with Gasteiger partial charge in [-0.2, -0.15) is 8.78 Å². The second-order valence-electron chi connectivity index (χ2n) is 8.74. The van der Waals surface area contributed by atoms with Crippen LogP contribution in [-0.4, -0.2) is 56.2 Å². The Morgan fingerprint density at radius 1 is 1.06 bits per heavy atom. The Morgan fingerprint density at radius 3 is 2.49 bits per heavy atom. The maximum atomic E-state index is 12.9. The first-order valence-corrected chi connectivity index (χ1v) is 11.5. The quantitative estimate of drug-likeness (QED) is 0.407. The maximum Gasteiger partial charge on any atom is 0.387 e. The van der Waals surface area contributed by atoms with Crippen molar-refractivity contribution in [1.82, 2.24) is 24.3 Å². The molecule has 0 spiro atoms. The molecule has 4 heterocycles. The van der Waals surface area contributed by atoms with E-state index in [1.165, 1.54) is 0 Å². The van der Waals surface area contributed by atoms with Crippen LogP contribution in [0.2, 0.25) is 0 Å². The van der Waals surface area contributed by atoms with Crippen LogP contribution in [0.3, 0.4) is 0 Å². The minimum atomic E-state index is -2.89. The van der Waals surface area contributed by atoms with Crippen LogP contribution in [0.1, 0.15) is 30.8 Å². The van der Waals surface area contributed by atoms with Crippen molar-refractivity contribution < 1.29 is 18.3 Å². The number of rotatable bonds is 6. The molecule has 4 aromatic rings. The lowest BCUT2D eigenvalue weighted by Crippen LogP contribution is -2.46. The molecule has 0 aliphatic carbocycles. The molecule has 1 aliphatic heterocycles. The smallest absolute Gasteiger partial charge is 0.387 e. The summed E-state index contributed by atoms with van der Waals surface area (Å²) < 4.78 is 38.2. The van der Waals surface area contributed by atoms with Crippen LogP contribution in [0.4, 0.5) is 14.7 Å². The van der Waals surface area contributed by atoms with Gasteiger partial charge in [0.1, 0.15) is 5.75 Å². The van der Waals surface area contributed by atoms with Crippen molar-refractivity contribution >= 4 is 11.6 Å². The van der Waals surface area contributed by atoms with E-state index in [1.54, 1.807) is 42.9 Å². The molecule has 1 aromatic carbocycles. The molecule has 1 aliphatic rings. The number of aromatic nitrogens is 5. The van der Waals surface area contributed by atoms with Gasteiger partial charge in [0.2, 0.25) is 5.95 Å². The molecule has 2 unspecified atom stereocenters. The Balaban J connectivity index is 1.44. The third-order valence-corrected chi connectivity index (χ3v) is 5.99. The van der Waals surface area contributed by atoms with Crippen LogP contribution < -0.4 is 9.64 Å². The Kier molecular flexibility index (Phi) is 6.29. The van der Waals surface area contributed by atoms with Gasteiger partial charge in [0.05, 0.1) is 35.5 Å². The predicted molar refractivity (Wildman–Crippen MR) is 127 cm³/mol.